The van der Waals surface area contributed by atoms with Gasteiger partial charge in [-0.3, -0.25) is 9.59 Å². The van der Waals surface area contributed by atoms with Gasteiger partial charge in [0.05, 0.1) is 6.10 Å². The fraction of sp³-hybridized carbons (Fsp3) is 0.667. The van der Waals surface area contributed by atoms with Gasteiger partial charge in [-0.25, -0.2) is 0 Å². The molecule has 0 fully saturated rings. The number of esters is 1. The van der Waals surface area contributed by atoms with Crippen molar-refractivity contribution < 1.29 is 14.3 Å². The molecule has 0 amide bonds. The number of hydrogen-bond acceptors (Lipinski definition) is 3. The van der Waals surface area contributed by atoms with Gasteiger partial charge in [-0.15, -0.1) is 0 Å². The van der Waals surface area contributed by atoms with Gasteiger partial charge in [-0.1, -0.05) is 19.9 Å². The van der Waals surface area contributed by atoms with Gasteiger partial charge < -0.3 is 4.74 Å². The predicted octanol–water partition coefficient (Wildman–Crippen LogP) is 2.50. The average Bonchev–Trinajstić information content (AvgIpc) is 2.00. The Morgan fingerprint density at radius 2 is 1.80 bits per heavy atom. The zero-order valence-electron chi connectivity index (χ0n) is 9.95. The molecule has 0 aromatic heterocycles. The smallest absolute Gasteiger partial charge is 0.313 e. The summed E-state index contributed by atoms with van der Waals surface area (Å²) in [6.45, 7) is 7.66. The van der Waals surface area contributed by atoms with Gasteiger partial charge in [0.2, 0.25) is 0 Å². The highest BCUT2D eigenvalue weighted by molar-refractivity contribution is 6.01. The van der Waals surface area contributed by atoms with Crippen LogP contribution in [0.3, 0.4) is 0 Å². The van der Waals surface area contributed by atoms with E-state index in [0.717, 1.165) is 6.42 Å². The van der Waals surface area contributed by atoms with E-state index in [-0.39, 0.29) is 18.3 Å². The Labute approximate surface area is 91.5 Å². The predicted molar refractivity (Wildman–Crippen MR) is 59.4 cm³/mol. The van der Waals surface area contributed by atoms with Gasteiger partial charge in [-0.2, -0.15) is 0 Å². The fourth-order valence-electron chi connectivity index (χ4n) is 0.977. The van der Waals surface area contributed by atoms with Crippen molar-refractivity contribution in [2.45, 2.75) is 46.6 Å². The quantitative estimate of drug-likeness (QED) is 0.386. The maximum Gasteiger partial charge on any atom is 0.313 e. The molecule has 0 aliphatic rings. The van der Waals surface area contributed by atoms with Crippen LogP contribution in [0.2, 0.25) is 0 Å². The molecule has 86 valence electrons. The van der Waals surface area contributed by atoms with Gasteiger partial charge in [0, 0.05) is 0 Å². The highest BCUT2D eigenvalue weighted by atomic mass is 16.5. The zero-order chi connectivity index (χ0) is 11.8. The van der Waals surface area contributed by atoms with E-state index in [1.54, 1.807) is 19.9 Å². The number of hydrogen-bond donors (Lipinski definition) is 0. The summed E-state index contributed by atoms with van der Waals surface area (Å²) in [6.07, 6.45) is 3.79. The molecule has 3 heteroatoms. The Morgan fingerprint density at radius 1 is 1.20 bits per heavy atom. The normalized spacial score (nSPS) is 11.3. The lowest BCUT2D eigenvalue weighted by Crippen LogP contribution is -2.14. The second-order valence-corrected chi connectivity index (χ2v) is 4.21. The minimum absolute atomic E-state index is 0.160. The van der Waals surface area contributed by atoms with E-state index in [0.29, 0.717) is 5.92 Å². The summed E-state index contributed by atoms with van der Waals surface area (Å²) in [5, 5.41) is 0. The van der Waals surface area contributed by atoms with Crippen molar-refractivity contribution in [1.29, 1.82) is 0 Å². The standard InChI is InChI=1S/C12H20O3/c1-9(2)6-5-7-11(13)8-12(14)15-10(3)4/h5,7,9-10H,6,8H2,1-4H3/b7-5-. The van der Waals surface area contributed by atoms with Crippen molar-refractivity contribution >= 4 is 11.8 Å². The van der Waals surface area contributed by atoms with Crippen molar-refractivity contribution in [2.24, 2.45) is 5.92 Å². The SMILES string of the molecule is CC(C)C/C=C\C(=O)CC(=O)OC(C)C. The lowest BCUT2D eigenvalue weighted by molar-refractivity contribution is -0.148. The molecule has 0 aromatic carbocycles. The molecule has 0 rings (SSSR count). The van der Waals surface area contributed by atoms with Gasteiger partial charge >= 0.3 is 5.97 Å². The molecule has 0 atom stereocenters. The van der Waals surface area contributed by atoms with E-state index >= 15 is 0 Å². The third-order valence-electron chi connectivity index (χ3n) is 1.60. The largest absolute Gasteiger partial charge is 0.463 e. The zero-order valence-corrected chi connectivity index (χ0v) is 9.95. The van der Waals surface area contributed by atoms with Crippen molar-refractivity contribution in [3.8, 4) is 0 Å². The molecule has 0 bridgehead atoms. The summed E-state index contributed by atoms with van der Waals surface area (Å²) >= 11 is 0. The molecular weight excluding hydrogens is 192 g/mol. The van der Waals surface area contributed by atoms with E-state index < -0.39 is 5.97 Å². The first-order valence-corrected chi connectivity index (χ1v) is 5.30. The van der Waals surface area contributed by atoms with Crippen molar-refractivity contribution in [3.05, 3.63) is 12.2 Å². The molecule has 0 aliphatic carbocycles. The molecule has 0 aliphatic heterocycles. The van der Waals surface area contributed by atoms with Crippen molar-refractivity contribution in [1.82, 2.24) is 0 Å². The third kappa shape index (κ3) is 9.19. The molecule has 15 heavy (non-hydrogen) atoms. The topological polar surface area (TPSA) is 43.4 Å². The average molecular weight is 212 g/mol. The van der Waals surface area contributed by atoms with Crippen LogP contribution in [0.5, 0.6) is 0 Å². The molecule has 0 saturated heterocycles. The Bertz CT molecular complexity index is 239. The van der Waals surface area contributed by atoms with Crippen molar-refractivity contribution in [3.63, 3.8) is 0 Å². The summed E-state index contributed by atoms with van der Waals surface area (Å²) in [7, 11) is 0. The van der Waals surface area contributed by atoms with Gasteiger partial charge in [-0.05, 0) is 32.3 Å². The fourth-order valence-corrected chi connectivity index (χ4v) is 0.977. The minimum Gasteiger partial charge on any atom is -0.463 e. The summed E-state index contributed by atoms with van der Waals surface area (Å²) in [4.78, 5) is 22.3. The number of ketones is 1. The van der Waals surface area contributed by atoms with Crippen LogP contribution in [0.25, 0.3) is 0 Å². The Balaban J connectivity index is 3.83. The monoisotopic (exact) mass is 212 g/mol. The van der Waals surface area contributed by atoms with Crippen LogP contribution in [-0.4, -0.2) is 17.9 Å². The lowest BCUT2D eigenvalue weighted by atomic mass is 10.1. The minimum atomic E-state index is -0.454. The van der Waals surface area contributed by atoms with Gasteiger partial charge in [0.25, 0.3) is 0 Å². The number of ether oxygens (including phenoxy) is 1. The number of rotatable bonds is 6. The van der Waals surface area contributed by atoms with Gasteiger partial charge in [0.1, 0.15) is 6.42 Å². The first kappa shape index (κ1) is 13.9. The van der Waals surface area contributed by atoms with E-state index in [2.05, 4.69) is 13.8 Å². The van der Waals surface area contributed by atoms with E-state index in [9.17, 15) is 9.59 Å². The molecule has 0 N–H and O–H groups in total. The second-order valence-electron chi connectivity index (χ2n) is 4.21. The highest BCUT2D eigenvalue weighted by Crippen LogP contribution is 2.01. The molecule has 0 radical (unpaired) electrons. The van der Waals surface area contributed by atoms with Crippen LogP contribution in [0.4, 0.5) is 0 Å². The Kier molecular flexibility index (Phi) is 6.67. The lowest BCUT2D eigenvalue weighted by Gasteiger charge is -2.05. The first-order chi connectivity index (χ1) is 6.91. The summed E-state index contributed by atoms with van der Waals surface area (Å²) in [5.74, 6) is -0.123. The maximum absolute atomic E-state index is 11.2. The summed E-state index contributed by atoms with van der Waals surface area (Å²) < 4.78 is 4.85. The van der Waals surface area contributed by atoms with Crippen LogP contribution >= 0.6 is 0 Å². The molecule has 0 unspecified atom stereocenters. The molecule has 0 spiro atoms. The van der Waals surface area contributed by atoms with Crippen LogP contribution < -0.4 is 0 Å². The Hall–Kier alpha value is -1.12. The molecule has 0 heterocycles. The molecular formula is C12H20O3. The van der Waals surface area contributed by atoms with E-state index in [1.807, 2.05) is 0 Å². The molecule has 0 aromatic rings. The van der Waals surface area contributed by atoms with Crippen LogP contribution in [0, 0.1) is 5.92 Å². The first-order valence-electron chi connectivity index (χ1n) is 5.30. The number of carbonyl (C=O) groups is 2. The molecule has 0 saturated carbocycles. The Morgan fingerprint density at radius 3 is 2.27 bits per heavy atom. The maximum atomic E-state index is 11.2. The number of carbonyl (C=O) groups excluding carboxylic acids is 2. The second kappa shape index (κ2) is 7.21. The van der Waals surface area contributed by atoms with Gasteiger partial charge in [0.15, 0.2) is 5.78 Å². The summed E-state index contributed by atoms with van der Waals surface area (Å²) in [6, 6.07) is 0. The van der Waals surface area contributed by atoms with E-state index in [1.165, 1.54) is 6.08 Å². The number of allylic oxidation sites excluding steroid dienone is 2. The van der Waals surface area contributed by atoms with Crippen LogP contribution in [-0.2, 0) is 14.3 Å². The van der Waals surface area contributed by atoms with E-state index in [4.69, 9.17) is 4.74 Å². The third-order valence-corrected chi connectivity index (χ3v) is 1.60. The van der Waals surface area contributed by atoms with Crippen molar-refractivity contribution in [2.75, 3.05) is 0 Å². The molecule has 3 nitrogen and oxygen atoms in total. The van der Waals surface area contributed by atoms with Crippen LogP contribution in [0.15, 0.2) is 12.2 Å². The highest BCUT2D eigenvalue weighted by Gasteiger charge is 2.09. The van der Waals surface area contributed by atoms with Crippen LogP contribution in [0.1, 0.15) is 40.5 Å². The summed E-state index contributed by atoms with van der Waals surface area (Å²) in [5.41, 5.74) is 0.